The largest absolute Gasteiger partial charge is 0.490 e. The molecule has 1 unspecified atom stereocenters. The summed E-state index contributed by atoms with van der Waals surface area (Å²) in [5, 5.41) is 0. The molecule has 0 bridgehead atoms. The Bertz CT molecular complexity index is 553. The number of nitrogens with zero attached hydrogens (tertiary/aromatic N) is 1. The second kappa shape index (κ2) is 6.31. The quantitative estimate of drug-likeness (QED) is 0.834. The molecule has 0 aromatic heterocycles. The highest BCUT2D eigenvalue weighted by atomic mass is 16.5. The van der Waals surface area contributed by atoms with Crippen LogP contribution in [-0.4, -0.2) is 43.2 Å². The SMILES string of the molecule is CCCN1CC(COc2cccc3c2CC=C3)OCC1=O. The molecule has 4 heteroatoms. The number of amides is 1. The normalized spacial score (nSPS) is 20.7. The Morgan fingerprint density at radius 1 is 1.43 bits per heavy atom. The molecule has 1 aromatic carbocycles. The van der Waals surface area contributed by atoms with Gasteiger partial charge in [-0.15, -0.1) is 0 Å². The minimum atomic E-state index is -0.0422. The van der Waals surface area contributed by atoms with E-state index in [9.17, 15) is 4.79 Å². The predicted molar refractivity (Wildman–Crippen MR) is 81.3 cm³/mol. The van der Waals surface area contributed by atoms with Gasteiger partial charge in [0, 0.05) is 12.1 Å². The van der Waals surface area contributed by atoms with E-state index in [-0.39, 0.29) is 18.6 Å². The van der Waals surface area contributed by atoms with Crippen molar-refractivity contribution in [2.75, 3.05) is 26.3 Å². The maximum absolute atomic E-state index is 11.7. The van der Waals surface area contributed by atoms with Gasteiger partial charge in [0.1, 0.15) is 25.1 Å². The Labute approximate surface area is 125 Å². The molecule has 1 aliphatic carbocycles. The highest BCUT2D eigenvalue weighted by Gasteiger charge is 2.26. The van der Waals surface area contributed by atoms with Gasteiger partial charge in [-0.2, -0.15) is 0 Å². The van der Waals surface area contributed by atoms with Gasteiger partial charge in [0.2, 0.25) is 5.91 Å². The lowest BCUT2D eigenvalue weighted by Crippen LogP contribution is -2.48. The first kappa shape index (κ1) is 14.1. The van der Waals surface area contributed by atoms with Crippen molar-refractivity contribution in [2.45, 2.75) is 25.9 Å². The molecule has 0 saturated carbocycles. The first-order valence-electron chi connectivity index (χ1n) is 7.58. The van der Waals surface area contributed by atoms with Gasteiger partial charge in [0.15, 0.2) is 0 Å². The molecular weight excluding hydrogens is 266 g/mol. The van der Waals surface area contributed by atoms with Gasteiger partial charge in [0.05, 0.1) is 6.54 Å². The minimum absolute atomic E-state index is 0.0422. The van der Waals surface area contributed by atoms with Crippen LogP contribution in [0.15, 0.2) is 24.3 Å². The van der Waals surface area contributed by atoms with Crippen LogP contribution in [0.5, 0.6) is 5.75 Å². The molecule has 1 heterocycles. The third-order valence-electron chi connectivity index (χ3n) is 3.93. The van der Waals surface area contributed by atoms with Gasteiger partial charge < -0.3 is 14.4 Å². The fourth-order valence-electron chi connectivity index (χ4n) is 2.85. The molecule has 112 valence electrons. The molecule has 0 radical (unpaired) electrons. The third kappa shape index (κ3) is 3.10. The summed E-state index contributed by atoms with van der Waals surface area (Å²) in [6, 6.07) is 6.12. The molecule has 1 amide bonds. The molecule has 2 aliphatic rings. The Balaban J connectivity index is 1.58. The molecule has 1 saturated heterocycles. The van der Waals surface area contributed by atoms with Crippen LogP contribution in [0, 0.1) is 0 Å². The second-order valence-corrected chi connectivity index (χ2v) is 5.51. The molecule has 3 rings (SSSR count). The lowest BCUT2D eigenvalue weighted by molar-refractivity contribution is -0.150. The van der Waals surface area contributed by atoms with Crippen molar-refractivity contribution in [1.82, 2.24) is 4.90 Å². The van der Waals surface area contributed by atoms with Crippen LogP contribution >= 0.6 is 0 Å². The number of benzene rings is 1. The van der Waals surface area contributed by atoms with E-state index in [1.807, 2.05) is 17.0 Å². The summed E-state index contributed by atoms with van der Waals surface area (Å²) in [6.07, 6.45) is 6.13. The Morgan fingerprint density at radius 3 is 3.19 bits per heavy atom. The molecule has 1 aromatic rings. The molecule has 21 heavy (non-hydrogen) atoms. The van der Waals surface area contributed by atoms with E-state index in [4.69, 9.17) is 9.47 Å². The lowest BCUT2D eigenvalue weighted by atomic mass is 10.1. The second-order valence-electron chi connectivity index (χ2n) is 5.51. The minimum Gasteiger partial charge on any atom is -0.490 e. The Kier molecular flexibility index (Phi) is 4.25. The molecule has 4 nitrogen and oxygen atoms in total. The summed E-state index contributed by atoms with van der Waals surface area (Å²) < 4.78 is 11.5. The first-order chi connectivity index (χ1) is 10.3. The van der Waals surface area contributed by atoms with E-state index in [1.165, 1.54) is 11.1 Å². The molecule has 0 spiro atoms. The van der Waals surface area contributed by atoms with Crippen molar-refractivity contribution < 1.29 is 14.3 Å². The van der Waals surface area contributed by atoms with E-state index in [1.54, 1.807) is 0 Å². The fourth-order valence-corrected chi connectivity index (χ4v) is 2.85. The number of carbonyl (C=O) groups excluding carboxylic acids is 1. The number of hydrogen-bond donors (Lipinski definition) is 0. The number of carbonyl (C=O) groups is 1. The summed E-state index contributed by atoms with van der Waals surface area (Å²) in [5.41, 5.74) is 2.48. The summed E-state index contributed by atoms with van der Waals surface area (Å²) in [4.78, 5) is 13.6. The number of rotatable bonds is 5. The molecule has 1 atom stereocenters. The smallest absolute Gasteiger partial charge is 0.248 e. The van der Waals surface area contributed by atoms with Crippen LogP contribution in [0.1, 0.15) is 24.5 Å². The molecular formula is C17H21NO3. The topological polar surface area (TPSA) is 38.8 Å². The number of fused-ring (bicyclic) bond motifs is 1. The number of morpholine rings is 1. The van der Waals surface area contributed by atoms with E-state index in [2.05, 4.69) is 25.1 Å². The lowest BCUT2D eigenvalue weighted by Gasteiger charge is -2.32. The van der Waals surface area contributed by atoms with Crippen molar-refractivity contribution in [2.24, 2.45) is 0 Å². The zero-order valence-corrected chi connectivity index (χ0v) is 12.4. The highest BCUT2D eigenvalue weighted by molar-refractivity contribution is 5.78. The van der Waals surface area contributed by atoms with Gasteiger partial charge in [-0.1, -0.05) is 31.2 Å². The highest BCUT2D eigenvalue weighted by Crippen LogP contribution is 2.29. The number of allylic oxidation sites excluding steroid dienone is 1. The van der Waals surface area contributed by atoms with E-state index in [0.29, 0.717) is 13.2 Å². The standard InChI is InChI=1S/C17H21NO3/c1-2-9-18-10-14(20-12-17(18)19)11-21-16-8-4-6-13-5-3-7-15(13)16/h3-6,8,14H,2,7,9-12H2,1H3. The fraction of sp³-hybridized carbons (Fsp3) is 0.471. The number of hydrogen-bond acceptors (Lipinski definition) is 3. The van der Waals surface area contributed by atoms with Crippen LogP contribution in [0.4, 0.5) is 0 Å². The maximum atomic E-state index is 11.7. The van der Waals surface area contributed by atoms with Crippen molar-refractivity contribution in [1.29, 1.82) is 0 Å². The van der Waals surface area contributed by atoms with Crippen LogP contribution in [-0.2, 0) is 16.0 Å². The number of ether oxygens (including phenoxy) is 2. The molecule has 0 N–H and O–H groups in total. The van der Waals surface area contributed by atoms with Crippen LogP contribution in [0.3, 0.4) is 0 Å². The summed E-state index contributed by atoms with van der Waals surface area (Å²) >= 11 is 0. The first-order valence-corrected chi connectivity index (χ1v) is 7.58. The van der Waals surface area contributed by atoms with Gasteiger partial charge in [-0.05, 0) is 24.5 Å². The zero-order chi connectivity index (χ0) is 14.7. The Hall–Kier alpha value is -1.81. The average Bonchev–Trinajstić information content (AvgIpc) is 2.97. The van der Waals surface area contributed by atoms with Crippen molar-refractivity contribution in [3.05, 3.63) is 35.4 Å². The van der Waals surface area contributed by atoms with Crippen LogP contribution < -0.4 is 4.74 Å². The van der Waals surface area contributed by atoms with E-state index in [0.717, 1.165) is 25.1 Å². The summed E-state index contributed by atoms with van der Waals surface area (Å²) in [7, 11) is 0. The van der Waals surface area contributed by atoms with Gasteiger partial charge in [0.25, 0.3) is 0 Å². The predicted octanol–water partition coefficient (Wildman–Crippen LogP) is 2.27. The van der Waals surface area contributed by atoms with Gasteiger partial charge in [-0.3, -0.25) is 4.79 Å². The van der Waals surface area contributed by atoms with E-state index >= 15 is 0 Å². The molecule has 1 fully saturated rings. The zero-order valence-electron chi connectivity index (χ0n) is 12.4. The van der Waals surface area contributed by atoms with Crippen LogP contribution in [0.2, 0.25) is 0 Å². The van der Waals surface area contributed by atoms with Crippen molar-refractivity contribution in [3.8, 4) is 5.75 Å². The van der Waals surface area contributed by atoms with Gasteiger partial charge >= 0.3 is 0 Å². The van der Waals surface area contributed by atoms with Crippen molar-refractivity contribution >= 4 is 12.0 Å². The average molecular weight is 287 g/mol. The molecule has 1 aliphatic heterocycles. The summed E-state index contributed by atoms with van der Waals surface area (Å²) in [5.74, 6) is 1.01. The summed E-state index contributed by atoms with van der Waals surface area (Å²) in [6.45, 7) is 4.16. The Morgan fingerprint density at radius 2 is 2.33 bits per heavy atom. The van der Waals surface area contributed by atoms with Crippen LogP contribution in [0.25, 0.3) is 6.08 Å². The van der Waals surface area contributed by atoms with Crippen molar-refractivity contribution in [3.63, 3.8) is 0 Å². The van der Waals surface area contributed by atoms with E-state index < -0.39 is 0 Å². The monoisotopic (exact) mass is 287 g/mol. The maximum Gasteiger partial charge on any atom is 0.248 e. The third-order valence-corrected chi connectivity index (χ3v) is 3.93. The van der Waals surface area contributed by atoms with Gasteiger partial charge in [-0.25, -0.2) is 0 Å².